The first-order chi connectivity index (χ1) is 15.8. The van der Waals surface area contributed by atoms with Crippen molar-refractivity contribution in [2.75, 3.05) is 0 Å². The number of hydrogen-bond donors (Lipinski definition) is 2. The Kier molecular flexibility index (Phi) is 4.25. The average molecular weight is 440 g/mol. The van der Waals surface area contributed by atoms with Gasteiger partial charge in [0.25, 0.3) is 0 Å². The highest BCUT2D eigenvalue weighted by molar-refractivity contribution is 6.19. The molecule has 0 aliphatic carbocycles. The molecule has 2 aliphatic heterocycles. The fraction of sp³-hybridized carbons (Fsp3) is 0.0385. The molecule has 3 aromatic carbocycles. The zero-order valence-corrected chi connectivity index (χ0v) is 17.1. The minimum Gasteiger partial charge on any atom is -0.508 e. The molecule has 162 valence electrons. The van der Waals surface area contributed by atoms with Crippen LogP contribution in [0.25, 0.3) is 0 Å². The van der Waals surface area contributed by atoms with Crippen molar-refractivity contribution in [2.45, 2.75) is 5.60 Å². The highest BCUT2D eigenvalue weighted by Gasteiger charge is 2.55. The summed E-state index contributed by atoms with van der Waals surface area (Å²) in [5, 5.41) is 20.7. The van der Waals surface area contributed by atoms with E-state index in [1.54, 1.807) is 24.3 Å². The molecular formula is C26H16O7. The molecule has 0 radical (unpaired) electrons. The quantitative estimate of drug-likeness (QED) is 0.351. The molecule has 33 heavy (non-hydrogen) atoms. The van der Waals surface area contributed by atoms with Crippen LogP contribution in [0.4, 0.5) is 0 Å². The Hall–Kier alpha value is -4.65. The van der Waals surface area contributed by atoms with E-state index in [1.165, 1.54) is 24.3 Å². The Morgan fingerprint density at radius 2 is 1.58 bits per heavy atom. The van der Waals surface area contributed by atoms with E-state index in [4.69, 9.17) is 9.47 Å². The van der Waals surface area contributed by atoms with E-state index in [2.05, 4.69) is 13.2 Å². The fourth-order valence-corrected chi connectivity index (χ4v) is 4.52. The molecule has 0 aromatic heterocycles. The summed E-state index contributed by atoms with van der Waals surface area (Å²) >= 11 is 0. The molecule has 2 N–H and O–H groups in total. The first-order valence-corrected chi connectivity index (χ1v) is 9.91. The number of ketones is 2. The van der Waals surface area contributed by atoms with E-state index in [0.717, 1.165) is 12.2 Å². The van der Waals surface area contributed by atoms with Crippen molar-refractivity contribution >= 4 is 17.5 Å². The second-order valence-electron chi connectivity index (χ2n) is 7.55. The lowest BCUT2D eigenvalue weighted by Crippen LogP contribution is -2.35. The lowest BCUT2D eigenvalue weighted by molar-refractivity contribution is 0.0220. The molecule has 0 bridgehead atoms. The topological polar surface area (TPSA) is 110 Å². The Morgan fingerprint density at radius 3 is 2.30 bits per heavy atom. The molecule has 5 rings (SSSR count). The number of esters is 1. The molecule has 7 nitrogen and oxygen atoms in total. The summed E-state index contributed by atoms with van der Waals surface area (Å²) < 4.78 is 11.9. The first-order valence-electron chi connectivity index (χ1n) is 9.91. The van der Waals surface area contributed by atoms with Crippen LogP contribution < -0.4 is 4.74 Å². The highest BCUT2D eigenvalue weighted by atomic mass is 16.6. The zero-order valence-electron chi connectivity index (χ0n) is 17.1. The molecule has 0 saturated carbocycles. The standard InChI is InChI=1S/C26H16O7/c1-3-17(28)22-19(30)12-21-24(23(22)18(29)4-2)26(16-10-9-13(27)11-20(16)32-21)15-8-6-5-7-14(15)25(31)33-26/h3-12,27,30H,1-2H2. The van der Waals surface area contributed by atoms with Crippen LogP contribution in [0.3, 0.4) is 0 Å². The molecule has 1 spiro atoms. The van der Waals surface area contributed by atoms with Gasteiger partial charge in [0.1, 0.15) is 23.0 Å². The van der Waals surface area contributed by atoms with Gasteiger partial charge >= 0.3 is 5.97 Å². The van der Waals surface area contributed by atoms with Gasteiger partial charge in [-0.25, -0.2) is 4.79 Å². The van der Waals surface area contributed by atoms with Gasteiger partial charge in [0.05, 0.1) is 16.7 Å². The largest absolute Gasteiger partial charge is 0.508 e. The van der Waals surface area contributed by atoms with Crippen molar-refractivity contribution in [3.05, 3.63) is 107 Å². The van der Waals surface area contributed by atoms with Crippen LogP contribution in [0.2, 0.25) is 0 Å². The minimum absolute atomic E-state index is 0.0130. The normalized spacial score (nSPS) is 17.3. The van der Waals surface area contributed by atoms with Crippen molar-refractivity contribution in [2.24, 2.45) is 0 Å². The average Bonchev–Trinajstić information content (AvgIpc) is 3.10. The van der Waals surface area contributed by atoms with Crippen LogP contribution in [0.1, 0.15) is 47.8 Å². The summed E-state index contributed by atoms with van der Waals surface area (Å²) in [5.41, 5.74) is -1.09. The predicted octanol–water partition coefficient (Wildman–Crippen LogP) is 4.40. The van der Waals surface area contributed by atoms with Crippen molar-refractivity contribution in [1.29, 1.82) is 0 Å². The molecule has 7 heteroatoms. The molecule has 0 saturated heterocycles. The third-order valence-electron chi connectivity index (χ3n) is 5.82. The predicted molar refractivity (Wildman–Crippen MR) is 117 cm³/mol. The summed E-state index contributed by atoms with van der Waals surface area (Å²) in [4.78, 5) is 38.8. The second-order valence-corrected chi connectivity index (χ2v) is 7.55. The Labute approximate surface area is 187 Å². The summed E-state index contributed by atoms with van der Waals surface area (Å²) in [5.74, 6) is -2.50. The van der Waals surface area contributed by atoms with Gasteiger partial charge in [0.2, 0.25) is 0 Å². The maximum absolute atomic E-state index is 13.1. The number of ether oxygens (including phenoxy) is 2. The van der Waals surface area contributed by atoms with Gasteiger partial charge in [0.15, 0.2) is 17.2 Å². The number of allylic oxidation sites excluding steroid dienone is 2. The molecule has 2 heterocycles. The molecule has 0 fully saturated rings. The number of aromatic hydroxyl groups is 2. The first kappa shape index (κ1) is 20.3. The summed E-state index contributed by atoms with van der Waals surface area (Å²) in [6, 6.07) is 12.1. The third-order valence-corrected chi connectivity index (χ3v) is 5.82. The van der Waals surface area contributed by atoms with E-state index in [9.17, 15) is 24.6 Å². The number of carbonyl (C=O) groups is 3. The molecule has 3 aromatic rings. The number of benzene rings is 3. The lowest BCUT2D eigenvalue weighted by atomic mass is 9.73. The van der Waals surface area contributed by atoms with E-state index in [-0.39, 0.29) is 39.5 Å². The minimum atomic E-state index is -1.68. The Balaban J connectivity index is 2.01. The number of phenolic OH excluding ortho intramolecular Hbond substituents is 2. The van der Waals surface area contributed by atoms with Crippen LogP contribution in [-0.4, -0.2) is 27.7 Å². The summed E-state index contributed by atoms with van der Waals surface area (Å²) in [7, 11) is 0. The zero-order chi connectivity index (χ0) is 23.5. The van der Waals surface area contributed by atoms with Crippen molar-refractivity contribution < 1.29 is 34.1 Å². The van der Waals surface area contributed by atoms with Crippen molar-refractivity contribution in [3.8, 4) is 23.0 Å². The maximum atomic E-state index is 13.1. The van der Waals surface area contributed by atoms with Crippen molar-refractivity contribution in [3.63, 3.8) is 0 Å². The van der Waals surface area contributed by atoms with Gasteiger partial charge in [-0.1, -0.05) is 31.4 Å². The van der Waals surface area contributed by atoms with Gasteiger partial charge in [-0.3, -0.25) is 9.59 Å². The smallest absolute Gasteiger partial charge is 0.340 e. The van der Waals surface area contributed by atoms with Crippen LogP contribution in [0.5, 0.6) is 23.0 Å². The maximum Gasteiger partial charge on any atom is 0.340 e. The SMILES string of the molecule is C=CC(=O)c1c(O)cc2c(c1C(=O)C=C)C1(OC(=O)c3ccccc31)c1ccc(O)cc1O2. The van der Waals surface area contributed by atoms with E-state index < -0.39 is 28.9 Å². The van der Waals surface area contributed by atoms with E-state index in [1.807, 2.05) is 0 Å². The molecule has 1 atom stereocenters. The Bertz CT molecular complexity index is 1430. The summed E-state index contributed by atoms with van der Waals surface area (Å²) in [6.07, 6.45) is 1.97. The monoisotopic (exact) mass is 440 g/mol. The second kappa shape index (κ2) is 6.93. The molecule has 1 unspecified atom stereocenters. The van der Waals surface area contributed by atoms with Crippen LogP contribution in [-0.2, 0) is 10.3 Å². The Morgan fingerprint density at radius 1 is 0.879 bits per heavy atom. The van der Waals surface area contributed by atoms with Crippen molar-refractivity contribution in [1.82, 2.24) is 0 Å². The van der Waals surface area contributed by atoms with Gasteiger partial charge in [-0.15, -0.1) is 0 Å². The van der Waals surface area contributed by atoms with E-state index >= 15 is 0 Å². The summed E-state index contributed by atoms with van der Waals surface area (Å²) in [6.45, 7) is 6.98. The number of phenols is 2. The van der Waals surface area contributed by atoms with Gasteiger partial charge in [-0.05, 0) is 30.4 Å². The third kappa shape index (κ3) is 2.59. The molecular weight excluding hydrogens is 424 g/mol. The number of fused-ring (bicyclic) bond motifs is 6. The van der Waals surface area contributed by atoms with Crippen LogP contribution in [0.15, 0.2) is 73.8 Å². The lowest BCUT2D eigenvalue weighted by Gasteiger charge is -2.38. The number of carbonyl (C=O) groups excluding carboxylic acids is 3. The molecule has 0 amide bonds. The van der Waals surface area contributed by atoms with Gasteiger partial charge < -0.3 is 19.7 Å². The number of rotatable bonds is 4. The van der Waals surface area contributed by atoms with Crippen LogP contribution in [0, 0.1) is 0 Å². The highest BCUT2D eigenvalue weighted by Crippen LogP contribution is 2.58. The van der Waals surface area contributed by atoms with Gasteiger partial charge in [-0.2, -0.15) is 0 Å². The van der Waals surface area contributed by atoms with Gasteiger partial charge in [0, 0.05) is 28.8 Å². The number of hydrogen-bond acceptors (Lipinski definition) is 7. The van der Waals surface area contributed by atoms with Crippen LogP contribution >= 0.6 is 0 Å². The fourth-order valence-electron chi connectivity index (χ4n) is 4.52. The molecule has 2 aliphatic rings. The van der Waals surface area contributed by atoms with E-state index in [0.29, 0.717) is 11.1 Å².